The van der Waals surface area contributed by atoms with Gasteiger partial charge in [-0.1, -0.05) is 70.4 Å². The van der Waals surface area contributed by atoms with Crippen molar-refractivity contribution >= 4 is 5.97 Å². The number of likely N-dealkylation sites (N-methyl/N-ethyl adjacent to an activating group) is 1. The van der Waals surface area contributed by atoms with Crippen molar-refractivity contribution in [3.63, 3.8) is 0 Å². The number of allylic oxidation sites excluding steroid dienone is 2. The van der Waals surface area contributed by atoms with Crippen molar-refractivity contribution in [2.24, 2.45) is 0 Å². The van der Waals surface area contributed by atoms with E-state index in [0.29, 0.717) is 17.4 Å². The Bertz CT molecular complexity index is 1350. The van der Waals surface area contributed by atoms with Crippen LogP contribution in [-0.2, 0) is 61.6 Å². The number of aliphatic hydroxyl groups excluding tert-OH is 9. The lowest BCUT2D eigenvalue weighted by molar-refractivity contribution is -0.873. The zero-order chi connectivity index (χ0) is 56.8. The summed E-state index contributed by atoms with van der Waals surface area (Å²) in [6.45, 7) is -0.326. The van der Waals surface area contributed by atoms with Crippen molar-refractivity contribution < 1.29 is 112 Å². The molecule has 23 heteroatoms. The predicted octanol–water partition coefficient (Wildman–Crippen LogP) is 0.455. The summed E-state index contributed by atoms with van der Waals surface area (Å²) in [4.78, 5) is 12.4. The van der Waals surface area contributed by atoms with E-state index < -0.39 is 87.0 Å². The highest BCUT2D eigenvalue weighted by atomic mass is 16.6. The molecule has 1 saturated heterocycles. The quantitative estimate of drug-likeness (QED) is 0.0173. The first-order valence-electron chi connectivity index (χ1n) is 28.1. The van der Waals surface area contributed by atoms with Gasteiger partial charge < -0.3 is 107 Å². The summed E-state index contributed by atoms with van der Waals surface area (Å²) in [5, 5.41) is 89.2. The number of hydrogen-bond acceptors (Lipinski definition) is 22. The first-order chi connectivity index (χ1) is 37.1. The van der Waals surface area contributed by atoms with Gasteiger partial charge in [-0.25, -0.2) is 0 Å². The maximum absolute atomic E-state index is 12.4. The van der Waals surface area contributed by atoms with Gasteiger partial charge in [0.1, 0.15) is 80.3 Å². The third kappa shape index (κ3) is 44.7. The second-order valence-electron chi connectivity index (χ2n) is 20.9. The predicted molar refractivity (Wildman–Crippen MR) is 284 cm³/mol. The van der Waals surface area contributed by atoms with Crippen LogP contribution in [0.2, 0.25) is 0 Å². The van der Waals surface area contributed by atoms with E-state index in [4.69, 9.17) is 61.9 Å². The molecule has 0 amide bonds. The van der Waals surface area contributed by atoms with Crippen molar-refractivity contribution in [3.8, 4) is 0 Å². The third-order valence-corrected chi connectivity index (χ3v) is 11.8. The molecule has 0 bridgehead atoms. The smallest absolute Gasteiger partial charge is 0.305 e. The van der Waals surface area contributed by atoms with Crippen LogP contribution in [0.25, 0.3) is 0 Å². The minimum Gasteiger partial charge on any atom is -0.463 e. The largest absolute Gasteiger partial charge is 0.463 e. The fraction of sp³-hybridized carbons (Fsp3) is 0.944. The highest BCUT2D eigenvalue weighted by molar-refractivity contribution is 5.69. The second kappa shape index (κ2) is 49.0. The lowest BCUT2D eigenvalue weighted by Crippen LogP contribution is -2.44. The van der Waals surface area contributed by atoms with Gasteiger partial charge in [-0.2, -0.15) is 0 Å². The maximum atomic E-state index is 12.4. The summed E-state index contributed by atoms with van der Waals surface area (Å²) in [6, 6.07) is 0. The summed E-state index contributed by atoms with van der Waals surface area (Å²) >= 11 is 0. The first kappa shape index (κ1) is 73.4. The van der Waals surface area contributed by atoms with Crippen LogP contribution in [0.3, 0.4) is 0 Å². The molecule has 0 aromatic carbocycles. The molecule has 0 aliphatic carbocycles. The molecule has 1 fully saturated rings. The zero-order valence-corrected chi connectivity index (χ0v) is 47.2. The highest BCUT2D eigenvalue weighted by Gasteiger charge is 2.26. The Labute approximate surface area is 459 Å². The van der Waals surface area contributed by atoms with Gasteiger partial charge in [-0.15, -0.1) is 0 Å². The Hall–Kier alpha value is -1.63. The zero-order valence-electron chi connectivity index (χ0n) is 47.2. The Morgan fingerprint density at radius 1 is 0.506 bits per heavy atom. The van der Waals surface area contributed by atoms with Crippen molar-refractivity contribution in [3.05, 3.63) is 12.2 Å². The second-order valence-corrected chi connectivity index (χ2v) is 20.9. The van der Waals surface area contributed by atoms with Crippen LogP contribution in [0.15, 0.2) is 12.2 Å². The van der Waals surface area contributed by atoms with Gasteiger partial charge in [0, 0.05) is 6.42 Å². The average molecular weight is 1120 g/mol. The fourth-order valence-electron chi connectivity index (χ4n) is 7.68. The third-order valence-electron chi connectivity index (χ3n) is 11.8. The molecule has 1 aliphatic heterocycles. The molecule has 11 unspecified atom stereocenters. The van der Waals surface area contributed by atoms with Crippen LogP contribution in [0.5, 0.6) is 0 Å². The van der Waals surface area contributed by atoms with Gasteiger partial charge in [0.15, 0.2) is 0 Å². The molecule has 458 valence electrons. The minimum absolute atomic E-state index is 0.00223. The molecule has 23 nitrogen and oxygen atoms in total. The van der Waals surface area contributed by atoms with Crippen LogP contribution in [0.4, 0.5) is 0 Å². The average Bonchev–Trinajstić information content (AvgIpc) is 3.40. The van der Waals surface area contributed by atoms with E-state index in [1.54, 1.807) is 0 Å². The van der Waals surface area contributed by atoms with Gasteiger partial charge in [0.25, 0.3) is 0 Å². The number of unbranched alkanes of at least 4 members (excludes halogenated alkanes) is 11. The van der Waals surface area contributed by atoms with E-state index in [1.807, 2.05) is 21.1 Å². The van der Waals surface area contributed by atoms with Gasteiger partial charge in [-0.05, 0) is 32.1 Å². The number of nitrogens with zero attached hydrogens (tertiary/aromatic N) is 1. The molecule has 1 rings (SSSR count). The molecule has 0 aromatic heterocycles. The Morgan fingerprint density at radius 3 is 1.53 bits per heavy atom. The Kier molecular flexibility index (Phi) is 46.7. The summed E-state index contributed by atoms with van der Waals surface area (Å²) in [6.07, 6.45) is 10.4. The Balaban J connectivity index is 2.75. The minimum atomic E-state index is -1.20. The van der Waals surface area contributed by atoms with Crippen LogP contribution in [0.1, 0.15) is 96.8 Å². The van der Waals surface area contributed by atoms with Crippen molar-refractivity contribution in [2.45, 2.75) is 164 Å². The Morgan fingerprint density at radius 2 is 0.961 bits per heavy atom. The normalized spacial score (nSPS) is 19.0. The SMILES string of the molecule is CCCCCCCCC=CCCCCCCCC(=O)OCC(CO)OCC(O)COCC(COCC(COCC(O)COCC(O)CO)OC(COCC(O)C[N+](C)(C)C)COCC1COCC(CO)O1)OCC(O)CO. The summed E-state index contributed by atoms with van der Waals surface area (Å²) in [5.74, 6) is -0.379. The molecular formula is C54H106NO22+. The molecule has 9 N–H and O–H groups in total. The van der Waals surface area contributed by atoms with Crippen molar-refractivity contribution in [1.82, 2.24) is 0 Å². The topological polar surface area (TPSA) is 310 Å². The van der Waals surface area contributed by atoms with Crippen LogP contribution in [-0.4, -0.2) is 290 Å². The number of aliphatic hydroxyl groups is 9. The number of carbonyl (C=O) groups is 1. The van der Waals surface area contributed by atoms with Crippen LogP contribution < -0.4 is 0 Å². The lowest BCUT2D eigenvalue weighted by Gasteiger charge is -2.30. The first-order valence-corrected chi connectivity index (χ1v) is 28.1. The molecule has 1 heterocycles. The molecule has 0 aromatic rings. The van der Waals surface area contributed by atoms with Crippen LogP contribution in [0, 0.1) is 0 Å². The molecular weight excluding hydrogens is 1010 g/mol. The standard InChI is InChI=1S/C54H106NO22/c1-5-6-7-8-9-10-11-12-13-14-15-16-17-18-19-20-54(65)75-42-48(24-58)73-32-47(64)30-68-34-50(74-31-45(62)23-57)35-71-40-53(37-69-29-46(63)28-66-27-44(61)22-56)77-52(36-67-26-43(60)21-55(2,3)4)41-72-39-51-38-70-33-49(25-59)76-51/h12-13,43-53,56-64H,5-11,14-42H2,1-4H3/q+1. The van der Waals surface area contributed by atoms with E-state index >= 15 is 0 Å². The number of ether oxygens (including phenoxy) is 12. The van der Waals surface area contributed by atoms with E-state index in [0.717, 1.165) is 38.5 Å². The monoisotopic (exact) mass is 1120 g/mol. The van der Waals surface area contributed by atoms with Gasteiger partial charge in [-0.3, -0.25) is 4.79 Å². The number of esters is 1. The summed E-state index contributed by atoms with van der Waals surface area (Å²) in [5.41, 5.74) is 0. The number of quaternary nitrogens is 1. The maximum Gasteiger partial charge on any atom is 0.305 e. The van der Waals surface area contributed by atoms with E-state index in [1.165, 1.54) is 38.5 Å². The lowest BCUT2D eigenvalue weighted by atomic mass is 10.1. The van der Waals surface area contributed by atoms with Gasteiger partial charge >= 0.3 is 5.97 Å². The van der Waals surface area contributed by atoms with Crippen molar-refractivity contribution in [2.75, 3.05) is 166 Å². The van der Waals surface area contributed by atoms with Gasteiger partial charge in [0.2, 0.25) is 0 Å². The van der Waals surface area contributed by atoms with E-state index in [-0.39, 0.29) is 131 Å². The summed E-state index contributed by atoms with van der Waals surface area (Å²) < 4.78 is 69.7. The highest BCUT2D eigenvalue weighted by Crippen LogP contribution is 2.13. The van der Waals surface area contributed by atoms with Crippen molar-refractivity contribution in [1.29, 1.82) is 0 Å². The number of hydrogen-bond donors (Lipinski definition) is 9. The number of carbonyl (C=O) groups excluding carboxylic acids is 1. The van der Waals surface area contributed by atoms with Crippen LogP contribution >= 0.6 is 0 Å². The molecule has 77 heavy (non-hydrogen) atoms. The summed E-state index contributed by atoms with van der Waals surface area (Å²) in [7, 11) is 5.84. The number of rotatable bonds is 55. The van der Waals surface area contributed by atoms with E-state index in [2.05, 4.69) is 19.1 Å². The fourth-order valence-corrected chi connectivity index (χ4v) is 7.68. The molecule has 11 atom stereocenters. The molecule has 0 saturated carbocycles. The molecule has 0 spiro atoms. The molecule has 1 aliphatic rings. The van der Waals surface area contributed by atoms with E-state index in [9.17, 15) is 45.6 Å². The molecule has 0 radical (unpaired) electrons. The van der Waals surface area contributed by atoms with Gasteiger partial charge in [0.05, 0.1) is 153 Å².